The number of hydrogen-bond acceptors (Lipinski definition) is 3. The van der Waals surface area contributed by atoms with Crippen LogP contribution in [-0.2, 0) is 19.7 Å². The second-order valence-corrected chi connectivity index (χ2v) is 11.0. The molecule has 158 valence electrons. The Kier molecular flexibility index (Phi) is 4.22. The maximum Gasteiger partial charge on any atom is 0.297 e. The molecular formula is C27H26O3S. The molecule has 2 bridgehead atoms. The summed E-state index contributed by atoms with van der Waals surface area (Å²) in [6.45, 7) is 1.95. The molecule has 0 saturated heterocycles. The maximum atomic E-state index is 13.0. The topological polar surface area (TPSA) is 43.4 Å². The van der Waals surface area contributed by atoms with Crippen LogP contribution in [0.4, 0.5) is 0 Å². The predicted molar refractivity (Wildman–Crippen MR) is 120 cm³/mol. The third kappa shape index (κ3) is 2.78. The summed E-state index contributed by atoms with van der Waals surface area (Å²) >= 11 is 0. The Morgan fingerprint density at radius 1 is 0.774 bits per heavy atom. The average Bonchev–Trinajstić information content (AvgIpc) is 3.15. The summed E-state index contributed by atoms with van der Waals surface area (Å²) in [5.74, 6) is 1.79. The van der Waals surface area contributed by atoms with E-state index in [2.05, 4.69) is 60.7 Å². The SMILES string of the molecule is Cc1ccc(S(=O)(=O)O[C@H]2C[C@@H]3C[C@H]2[C@H]2[C@@H]3C2(c2ccccc2)c2ccccc2)cc1. The number of rotatable bonds is 5. The van der Waals surface area contributed by atoms with Gasteiger partial charge < -0.3 is 0 Å². The summed E-state index contributed by atoms with van der Waals surface area (Å²) in [4.78, 5) is 0.255. The molecule has 0 heterocycles. The number of benzene rings is 3. The standard InChI is InChI=1S/C27H26O3S/c1-18-12-14-22(15-13-18)31(28,29)30-24-17-19-16-23(24)26-25(19)27(26,20-8-4-2-5-9-20)21-10-6-3-7-11-21/h2-15,19,23-26H,16-17H2,1H3/t19-,23+,24-,25+,26-/m0/s1. The van der Waals surface area contributed by atoms with Crippen LogP contribution >= 0.6 is 0 Å². The van der Waals surface area contributed by atoms with E-state index < -0.39 is 10.1 Å². The smallest absolute Gasteiger partial charge is 0.263 e. The quantitative estimate of drug-likeness (QED) is 0.513. The van der Waals surface area contributed by atoms with Gasteiger partial charge >= 0.3 is 0 Å². The molecule has 31 heavy (non-hydrogen) atoms. The third-order valence-electron chi connectivity index (χ3n) is 7.95. The highest BCUT2D eigenvalue weighted by Gasteiger charge is 2.77. The summed E-state index contributed by atoms with van der Waals surface area (Å²) < 4.78 is 31.8. The second kappa shape index (κ2) is 6.78. The van der Waals surface area contributed by atoms with Gasteiger partial charge in [0, 0.05) is 5.41 Å². The van der Waals surface area contributed by atoms with Crippen LogP contribution in [-0.4, -0.2) is 14.5 Å². The Hall–Kier alpha value is -2.43. The van der Waals surface area contributed by atoms with E-state index in [1.807, 2.05) is 19.1 Å². The first-order valence-electron chi connectivity index (χ1n) is 11.1. The van der Waals surface area contributed by atoms with E-state index in [-0.39, 0.29) is 22.3 Å². The molecular weight excluding hydrogens is 404 g/mol. The minimum atomic E-state index is -3.75. The molecule has 3 aliphatic rings. The van der Waals surface area contributed by atoms with Crippen LogP contribution in [0.3, 0.4) is 0 Å². The molecule has 0 spiro atoms. The van der Waals surface area contributed by atoms with Gasteiger partial charge in [-0.1, -0.05) is 78.4 Å². The van der Waals surface area contributed by atoms with Gasteiger partial charge in [0.05, 0.1) is 11.0 Å². The van der Waals surface area contributed by atoms with E-state index in [9.17, 15) is 8.42 Å². The van der Waals surface area contributed by atoms with Crippen molar-refractivity contribution in [2.24, 2.45) is 23.7 Å². The molecule has 0 unspecified atom stereocenters. The molecule has 6 rings (SSSR count). The fourth-order valence-electron chi connectivity index (χ4n) is 6.85. The van der Waals surface area contributed by atoms with Gasteiger partial charge in [0.1, 0.15) is 0 Å². The molecule has 3 aliphatic carbocycles. The zero-order chi connectivity index (χ0) is 21.2. The minimum absolute atomic E-state index is 0.0121. The number of fused-ring (bicyclic) bond motifs is 5. The van der Waals surface area contributed by atoms with Crippen molar-refractivity contribution in [1.29, 1.82) is 0 Å². The Bertz CT molecular complexity index is 1160. The number of hydrogen-bond donors (Lipinski definition) is 0. The molecule has 5 atom stereocenters. The first kappa shape index (κ1) is 19.3. The molecule has 0 radical (unpaired) electrons. The summed E-state index contributed by atoms with van der Waals surface area (Å²) in [6, 6.07) is 28.5. The van der Waals surface area contributed by atoms with Crippen molar-refractivity contribution in [3.8, 4) is 0 Å². The first-order chi connectivity index (χ1) is 15.0. The van der Waals surface area contributed by atoms with Crippen LogP contribution in [0.15, 0.2) is 89.8 Å². The lowest BCUT2D eigenvalue weighted by Gasteiger charge is -2.26. The van der Waals surface area contributed by atoms with E-state index in [0.717, 1.165) is 18.4 Å². The van der Waals surface area contributed by atoms with Crippen molar-refractivity contribution in [2.45, 2.75) is 36.2 Å². The van der Waals surface area contributed by atoms with Crippen molar-refractivity contribution in [3.05, 3.63) is 102 Å². The highest BCUT2D eigenvalue weighted by atomic mass is 32.2. The lowest BCUT2D eigenvalue weighted by Crippen LogP contribution is -2.27. The Morgan fingerprint density at radius 2 is 1.35 bits per heavy atom. The van der Waals surface area contributed by atoms with Gasteiger partial charge in [-0.25, -0.2) is 0 Å². The maximum absolute atomic E-state index is 13.0. The Balaban J connectivity index is 1.34. The fraction of sp³-hybridized carbons (Fsp3) is 0.333. The van der Waals surface area contributed by atoms with Gasteiger partial charge in [-0.05, 0) is 66.7 Å². The molecule has 3 nitrogen and oxygen atoms in total. The van der Waals surface area contributed by atoms with Crippen molar-refractivity contribution in [1.82, 2.24) is 0 Å². The Labute approximate surface area is 184 Å². The molecule has 3 aromatic rings. The molecule has 0 aromatic heterocycles. The summed E-state index contributed by atoms with van der Waals surface area (Å²) in [7, 11) is -3.75. The number of aryl methyl sites for hydroxylation is 1. The summed E-state index contributed by atoms with van der Waals surface area (Å²) in [6.07, 6.45) is 1.68. The average molecular weight is 431 g/mol. The van der Waals surface area contributed by atoms with E-state index >= 15 is 0 Å². The molecule has 3 aromatic carbocycles. The van der Waals surface area contributed by atoms with Gasteiger partial charge in [-0.15, -0.1) is 0 Å². The van der Waals surface area contributed by atoms with Crippen molar-refractivity contribution >= 4 is 10.1 Å². The van der Waals surface area contributed by atoms with Crippen LogP contribution in [0, 0.1) is 30.6 Å². The largest absolute Gasteiger partial charge is 0.297 e. The van der Waals surface area contributed by atoms with Crippen molar-refractivity contribution in [3.63, 3.8) is 0 Å². The van der Waals surface area contributed by atoms with E-state index in [1.54, 1.807) is 12.1 Å². The normalized spacial score (nSPS) is 30.2. The third-order valence-corrected chi connectivity index (χ3v) is 9.30. The first-order valence-corrected chi connectivity index (χ1v) is 12.5. The molecule has 0 aliphatic heterocycles. The zero-order valence-electron chi connectivity index (χ0n) is 17.5. The van der Waals surface area contributed by atoms with Gasteiger partial charge in [-0.2, -0.15) is 8.42 Å². The van der Waals surface area contributed by atoms with E-state index in [0.29, 0.717) is 17.8 Å². The van der Waals surface area contributed by atoms with Gasteiger partial charge in [0.15, 0.2) is 0 Å². The lowest BCUT2D eigenvalue weighted by molar-refractivity contribution is 0.137. The van der Waals surface area contributed by atoms with Gasteiger partial charge in [0.2, 0.25) is 0 Å². The molecule has 0 N–H and O–H groups in total. The van der Waals surface area contributed by atoms with Gasteiger partial charge in [-0.3, -0.25) is 4.18 Å². The fourth-order valence-corrected chi connectivity index (χ4v) is 7.98. The molecule has 3 fully saturated rings. The van der Waals surface area contributed by atoms with Crippen LogP contribution < -0.4 is 0 Å². The second-order valence-electron chi connectivity index (χ2n) is 9.45. The van der Waals surface area contributed by atoms with Crippen LogP contribution in [0.25, 0.3) is 0 Å². The van der Waals surface area contributed by atoms with Crippen LogP contribution in [0.1, 0.15) is 29.5 Å². The summed E-state index contributed by atoms with van der Waals surface area (Å²) in [5.41, 5.74) is 3.73. The van der Waals surface area contributed by atoms with Gasteiger partial charge in [0.25, 0.3) is 10.1 Å². The molecule has 3 saturated carbocycles. The van der Waals surface area contributed by atoms with E-state index in [4.69, 9.17) is 4.18 Å². The van der Waals surface area contributed by atoms with Crippen molar-refractivity contribution < 1.29 is 12.6 Å². The molecule has 4 heteroatoms. The molecule has 0 amide bonds. The van der Waals surface area contributed by atoms with E-state index in [1.165, 1.54) is 11.1 Å². The zero-order valence-corrected chi connectivity index (χ0v) is 18.3. The van der Waals surface area contributed by atoms with Crippen LogP contribution in [0.5, 0.6) is 0 Å². The van der Waals surface area contributed by atoms with Crippen LogP contribution in [0.2, 0.25) is 0 Å². The minimum Gasteiger partial charge on any atom is -0.263 e. The monoisotopic (exact) mass is 430 g/mol. The lowest BCUT2D eigenvalue weighted by atomic mass is 9.78. The van der Waals surface area contributed by atoms with Crippen molar-refractivity contribution in [2.75, 3.05) is 0 Å². The predicted octanol–water partition coefficient (Wildman–Crippen LogP) is 5.34. The Morgan fingerprint density at radius 3 is 1.94 bits per heavy atom. The summed E-state index contributed by atoms with van der Waals surface area (Å²) in [5, 5.41) is 0. The highest BCUT2D eigenvalue weighted by Crippen LogP contribution is 2.78. The highest BCUT2D eigenvalue weighted by molar-refractivity contribution is 7.86.